The fourth-order valence-corrected chi connectivity index (χ4v) is 4.01. The largest absolute Gasteiger partial charge is 0.345 e. The van der Waals surface area contributed by atoms with Crippen LogP contribution in [0.3, 0.4) is 0 Å². The number of likely N-dealkylation sites (tertiary alicyclic amines) is 1. The summed E-state index contributed by atoms with van der Waals surface area (Å²) in [6, 6.07) is 6.12. The van der Waals surface area contributed by atoms with Gasteiger partial charge >= 0.3 is 6.61 Å². The Balaban J connectivity index is 1.82. The van der Waals surface area contributed by atoms with E-state index in [0.29, 0.717) is 17.8 Å². The molecule has 3 nitrogen and oxygen atoms in total. The lowest BCUT2D eigenvalue weighted by molar-refractivity contribution is -0.158. The van der Waals surface area contributed by atoms with Crippen LogP contribution in [0.25, 0.3) is 10.1 Å². The topological polar surface area (TPSA) is 29.5 Å². The van der Waals surface area contributed by atoms with E-state index in [9.17, 15) is 13.6 Å². The molecule has 2 heterocycles. The first-order valence-electron chi connectivity index (χ1n) is 7.18. The summed E-state index contributed by atoms with van der Waals surface area (Å²) in [6.45, 7) is 1.87. The zero-order chi connectivity index (χ0) is 15.9. The number of rotatable bonds is 3. The maximum absolute atomic E-state index is 12.6. The second kappa shape index (κ2) is 5.93. The lowest BCUT2D eigenvalue weighted by Gasteiger charge is -2.16. The summed E-state index contributed by atoms with van der Waals surface area (Å²) < 4.78 is 30.1. The van der Waals surface area contributed by atoms with Crippen LogP contribution in [0.4, 0.5) is 8.78 Å². The summed E-state index contributed by atoms with van der Waals surface area (Å²) in [4.78, 5) is 14.9. The minimum atomic E-state index is -2.78. The molecule has 0 radical (unpaired) electrons. The van der Waals surface area contributed by atoms with Crippen molar-refractivity contribution < 1.29 is 18.3 Å². The molecule has 1 aliphatic heterocycles. The Morgan fingerprint density at radius 1 is 1.41 bits per heavy atom. The molecule has 0 spiro atoms. The van der Waals surface area contributed by atoms with Gasteiger partial charge in [-0.15, -0.1) is 11.3 Å². The molecule has 1 amide bonds. The van der Waals surface area contributed by atoms with Crippen LogP contribution in [0, 0.1) is 13.8 Å². The van der Waals surface area contributed by atoms with E-state index >= 15 is 0 Å². The van der Waals surface area contributed by atoms with Crippen LogP contribution in [0.1, 0.15) is 27.2 Å². The maximum atomic E-state index is 12.6. The van der Waals surface area contributed by atoms with Gasteiger partial charge in [0.25, 0.3) is 5.91 Å². The van der Waals surface area contributed by atoms with Gasteiger partial charge in [-0.05, 0) is 37.3 Å². The summed E-state index contributed by atoms with van der Waals surface area (Å²) >= 11 is 1.46. The predicted octanol–water partition coefficient (Wildman–Crippen LogP) is 3.97. The molecule has 1 aromatic heterocycles. The Bertz CT molecular complexity index is 713. The van der Waals surface area contributed by atoms with E-state index in [0.717, 1.165) is 21.2 Å². The third-order valence-corrected chi connectivity index (χ3v) is 5.27. The average molecular weight is 325 g/mol. The molecule has 118 valence electrons. The molecule has 1 aromatic carbocycles. The Hall–Kier alpha value is -1.53. The highest BCUT2D eigenvalue weighted by atomic mass is 32.1. The number of halogens is 2. The fourth-order valence-electron chi connectivity index (χ4n) is 2.85. The molecule has 1 fully saturated rings. The molecule has 1 aliphatic rings. The van der Waals surface area contributed by atoms with Gasteiger partial charge in [0.05, 0.1) is 11.0 Å². The molecule has 1 saturated heterocycles. The number of amides is 1. The highest BCUT2D eigenvalue weighted by molar-refractivity contribution is 7.21. The van der Waals surface area contributed by atoms with Crippen molar-refractivity contribution in [2.45, 2.75) is 33.0 Å². The third-order valence-electron chi connectivity index (χ3n) is 4.01. The van der Waals surface area contributed by atoms with E-state index in [1.54, 1.807) is 4.90 Å². The van der Waals surface area contributed by atoms with Crippen LogP contribution in [0.2, 0.25) is 0 Å². The fraction of sp³-hybridized carbons (Fsp3) is 0.438. The molecule has 0 saturated carbocycles. The highest BCUT2D eigenvalue weighted by Gasteiger charge is 2.31. The number of hydrogen-bond acceptors (Lipinski definition) is 3. The van der Waals surface area contributed by atoms with Crippen molar-refractivity contribution >= 4 is 27.3 Å². The normalized spacial score (nSPS) is 18.6. The first-order valence-corrected chi connectivity index (χ1v) is 8.00. The van der Waals surface area contributed by atoms with Crippen molar-refractivity contribution in [3.8, 4) is 0 Å². The number of carbonyl (C=O) groups is 1. The van der Waals surface area contributed by atoms with Crippen LogP contribution in [0.15, 0.2) is 18.2 Å². The van der Waals surface area contributed by atoms with Gasteiger partial charge in [0.1, 0.15) is 0 Å². The standard InChI is InChI=1S/C16H17F2NO2S/c1-9-3-4-13-12(7-9)10(2)14(22-13)15(20)19-6-5-11(8-19)21-16(17)18/h3-4,7,11,16H,5-6,8H2,1-2H3/t11-/m0/s1. The number of alkyl halides is 2. The summed E-state index contributed by atoms with van der Waals surface area (Å²) in [5.74, 6) is -0.0864. The van der Waals surface area contributed by atoms with E-state index in [1.165, 1.54) is 11.3 Å². The lowest BCUT2D eigenvalue weighted by atomic mass is 10.1. The van der Waals surface area contributed by atoms with Crippen molar-refractivity contribution in [2.75, 3.05) is 13.1 Å². The van der Waals surface area contributed by atoms with Crippen molar-refractivity contribution in [2.24, 2.45) is 0 Å². The molecule has 3 rings (SSSR count). The average Bonchev–Trinajstić information content (AvgIpc) is 3.03. The predicted molar refractivity (Wildman–Crippen MR) is 82.7 cm³/mol. The van der Waals surface area contributed by atoms with E-state index in [1.807, 2.05) is 26.0 Å². The minimum Gasteiger partial charge on any atom is -0.335 e. The van der Waals surface area contributed by atoms with Gasteiger partial charge in [-0.25, -0.2) is 0 Å². The molecule has 0 bridgehead atoms. The van der Waals surface area contributed by atoms with Crippen molar-refractivity contribution in [1.29, 1.82) is 0 Å². The number of aryl methyl sites for hydroxylation is 2. The highest BCUT2D eigenvalue weighted by Crippen LogP contribution is 2.33. The number of thiophene rings is 1. The van der Waals surface area contributed by atoms with Crippen LogP contribution in [-0.4, -0.2) is 36.6 Å². The second-order valence-corrected chi connectivity index (χ2v) is 6.67. The van der Waals surface area contributed by atoms with E-state index in [2.05, 4.69) is 10.8 Å². The number of fused-ring (bicyclic) bond motifs is 1. The summed E-state index contributed by atoms with van der Waals surface area (Å²) in [5, 5.41) is 1.09. The van der Waals surface area contributed by atoms with Crippen molar-refractivity contribution in [3.63, 3.8) is 0 Å². The van der Waals surface area contributed by atoms with Crippen molar-refractivity contribution in [1.82, 2.24) is 4.90 Å². The lowest BCUT2D eigenvalue weighted by Crippen LogP contribution is -2.30. The van der Waals surface area contributed by atoms with Gasteiger partial charge in [-0.1, -0.05) is 17.7 Å². The Morgan fingerprint density at radius 2 is 2.18 bits per heavy atom. The first kappa shape index (κ1) is 15.4. The van der Waals surface area contributed by atoms with Crippen LogP contribution >= 0.6 is 11.3 Å². The molecule has 0 N–H and O–H groups in total. The monoisotopic (exact) mass is 325 g/mol. The molecule has 2 aromatic rings. The van der Waals surface area contributed by atoms with Crippen LogP contribution in [0.5, 0.6) is 0 Å². The van der Waals surface area contributed by atoms with E-state index in [4.69, 9.17) is 0 Å². The van der Waals surface area contributed by atoms with Gasteiger partial charge in [-0.3, -0.25) is 4.79 Å². The molecule has 0 unspecified atom stereocenters. The van der Waals surface area contributed by atoms with Gasteiger partial charge in [0, 0.05) is 17.8 Å². The quantitative estimate of drug-likeness (QED) is 0.854. The number of carbonyl (C=O) groups excluding carboxylic acids is 1. The summed E-state index contributed by atoms with van der Waals surface area (Å²) in [6.07, 6.45) is -0.111. The molecular formula is C16H17F2NO2S. The minimum absolute atomic E-state index is 0.0864. The van der Waals surface area contributed by atoms with Gasteiger partial charge in [0.15, 0.2) is 0 Å². The van der Waals surface area contributed by atoms with E-state index in [-0.39, 0.29) is 12.5 Å². The number of hydrogen-bond donors (Lipinski definition) is 0. The Labute approximate surface area is 131 Å². The molecule has 22 heavy (non-hydrogen) atoms. The third kappa shape index (κ3) is 2.85. The zero-order valence-electron chi connectivity index (χ0n) is 12.4. The van der Waals surface area contributed by atoms with Crippen molar-refractivity contribution in [3.05, 3.63) is 34.2 Å². The Morgan fingerprint density at radius 3 is 2.91 bits per heavy atom. The SMILES string of the molecule is Cc1ccc2sc(C(=O)N3CC[C@H](OC(F)F)C3)c(C)c2c1. The summed E-state index contributed by atoms with van der Waals surface area (Å²) in [7, 11) is 0. The molecule has 0 aliphatic carbocycles. The van der Waals surface area contributed by atoms with Crippen LogP contribution < -0.4 is 0 Å². The number of nitrogens with zero attached hydrogens (tertiary/aromatic N) is 1. The maximum Gasteiger partial charge on any atom is 0.345 e. The Kier molecular flexibility index (Phi) is 4.14. The van der Waals surface area contributed by atoms with Gasteiger partial charge < -0.3 is 9.64 Å². The zero-order valence-corrected chi connectivity index (χ0v) is 13.3. The van der Waals surface area contributed by atoms with Crippen LogP contribution in [-0.2, 0) is 4.74 Å². The number of benzene rings is 1. The number of ether oxygens (including phenoxy) is 1. The molecule has 6 heteroatoms. The van der Waals surface area contributed by atoms with Gasteiger partial charge in [-0.2, -0.15) is 8.78 Å². The second-order valence-electron chi connectivity index (χ2n) is 5.61. The van der Waals surface area contributed by atoms with Gasteiger partial charge in [0.2, 0.25) is 0 Å². The molecule has 1 atom stereocenters. The smallest absolute Gasteiger partial charge is 0.335 e. The van der Waals surface area contributed by atoms with E-state index < -0.39 is 12.7 Å². The molecular weight excluding hydrogens is 308 g/mol. The summed E-state index contributed by atoms with van der Waals surface area (Å²) in [5.41, 5.74) is 2.12. The first-order chi connectivity index (χ1) is 10.5.